The number of nitrogens with zero attached hydrogens (tertiary/aromatic N) is 3. The highest BCUT2D eigenvalue weighted by atomic mass is 32.1. The van der Waals surface area contributed by atoms with E-state index in [-0.39, 0.29) is 17.0 Å². The van der Waals surface area contributed by atoms with Crippen LogP contribution in [0.3, 0.4) is 0 Å². The number of aryl methyl sites for hydroxylation is 1. The summed E-state index contributed by atoms with van der Waals surface area (Å²) in [5, 5.41) is 2.86. The monoisotopic (exact) mass is 395 g/mol. The second kappa shape index (κ2) is 7.12. The molecule has 28 heavy (non-hydrogen) atoms. The smallest absolute Gasteiger partial charge is 0.263 e. The lowest BCUT2D eigenvalue weighted by Crippen LogP contribution is -2.36. The van der Waals surface area contributed by atoms with Crippen LogP contribution in [0.15, 0.2) is 34.4 Å². The maximum atomic E-state index is 13.5. The average molecular weight is 396 g/mol. The molecule has 2 aromatic heterocycles. The van der Waals surface area contributed by atoms with E-state index in [1.54, 1.807) is 11.3 Å². The van der Waals surface area contributed by atoms with Crippen LogP contribution in [0.4, 0.5) is 0 Å². The van der Waals surface area contributed by atoms with Crippen molar-refractivity contribution in [3.05, 3.63) is 51.4 Å². The van der Waals surface area contributed by atoms with E-state index in [0.717, 1.165) is 53.1 Å². The Morgan fingerprint density at radius 3 is 2.36 bits per heavy atom. The summed E-state index contributed by atoms with van der Waals surface area (Å²) < 4.78 is 1.95. The molecule has 3 heterocycles. The number of benzene rings is 1. The molecule has 0 aliphatic carbocycles. The molecule has 3 aromatic rings. The molecule has 1 saturated heterocycles. The van der Waals surface area contributed by atoms with Gasteiger partial charge in [0.05, 0.1) is 5.39 Å². The predicted octanol–water partition coefficient (Wildman–Crippen LogP) is 5.00. The van der Waals surface area contributed by atoms with Gasteiger partial charge in [0.2, 0.25) is 0 Å². The minimum Gasteiger partial charge on any atom is -0.306 e. The Morgan fingerprint density at radius 2 is 1.75 bits per heavy atom. The van der Waals surface area contributed by atoms with Crippen LogP contribution in [0.2, 0.25) is 0 Å². The van der Waals surface area contributed by atoms with Crippen molar-refractivity contribution < 1.29 is 0 Å². The van der Waals surface area contributed by atoms with Gasteiger partial charge in [0.1, 0.15) is 10.7 Å². The van der Waals surface area contributed by atoms with E-state index in [1.165, 1.54) is 5.56 Å². The summed E-state index contributed by atoms with van der Waals surface area (Å²) in [5.41, 5.74) is 3.65. The number of hydrogen-bond acceptors (Lipinski definition) is 4. The van der Waals surface area contributed by atoms with Gasteiger partial charge in [-0.2, -0.15) is 0 Å². The molecule has 1 aromatic carbocycles. The van der Waals surface area contributed by atoms with Crippen LogP contribution in [0.25, 0.3) is 21.3 Å². The van der Waals surface area contributed by atoms with E-state index in [4.69, 9.17) is 4.98 Å². The first kappa shape index (κ1) is 19.3. The summed E-state index contributed by atoms with van der Waals surface area (Å²) in [4.78, 5) is 21.5. The first-order chi connectivity index (χ1) is 13.3. The van der Waals surface area contributed by atoms with Crippen LogP contribution in [-0.2, 0) is 5.41 Å². The maximum absolute atomic E-state index is 13.5. The Kier molecular flexibility index (Phi) is 4.92. The van der Waals surface area contributed by atoms with Crippen molar-refractivity contribution in [2.75, 3.05) is 20.1 Å². The minimum atomic E-state index is 0.119. The normalized spacial score (nSPS) is 16.8. The fraction of sp³-hybridized carbons (Fsp3) is 0.478. The Morgan fingerprint density at radius 1 is 1.11 bits per heavy atom. The first-order valence-corrected chi connectivity index (χ1v) is 10.9. The number of hydrogen-bond donors (Lipinski definition) is 0. The van der Waals surface area contributed by atoms with Crippen molar-refractivity contribution in [3.8, 4) is 11.1 Å². The van der Waals surface area contributed by atoms with Crippen LogP contribution in [0.1, 0.15) is 51.0 Å². The van der Waals surface area contributed by atoms with Gasteiger partial charge in [-0.3, -0.25) is 9.36 Å². The first-order valence-electron chi connectivity index (χ1n) is 10.1. The molecule has 0 amide bonds. The second-order valence-electron chi connectivity index (χ2n) is 9.03. The molecular weight excluding hydrogens is 366 g/mol. The molecule has 4 rings (SSSR count). The minimum absolute atomic E-state index is 0.119. The van der Waals surface area contributed by atoms with Gasteiger partial charge in [-0.05, 0) is 56.4 Å². The zero-order valence-electron chi connectivity index (χ0n) is 17.5. The standard InChI is InChI=1S/C23H29N3OS/c1-15-24-21-20(22(27)26(15)18-10-12-25(5)13-11-18)19(14-28-21)16-6-8-17(9-7-16)23(2,3)4/h6-9,14,18H,10-13H2,1-5H3. The molecule has 5 heteroatoms. The number of thiophene rings is 1. The van der Waals surface area contributed by atoms with Gasteiger partial charge in [0, 0.05) is 17.0 Å². The van der Waals surface area contributed by atoms with Crippen molar-refractivity contribution in [2.24, 2.45) is 0 Å². The summed E-state index contributed by atoms with van der Waals surface area (Å²) in [5.74, 6) is 0.837. The fourth-order valence-corrected chi connectivity index (χ4v) is 5.13. The second-order valence-corrected chi connectivity index (χ2v) is 9.88. The molecular formula is C23H29N3OS. The van der Waals surface area contributed by atoms with Crippen LogP contribution in [0, 0.1) is 6.92 Å². The van der Waals surface area contributed by atoms with E-state index in [9.17, 15) is 4.79 Å². The van der Waals surface area contributed by atoms with E-state index >= 15 is 0 Å². The van der Waals surface area contributed by atoms with Gasteiger partial charge in [-0.25, -0.2) is 4.98 Å². The molecule has 148 valence electrons. The molecule has 0 spiro atoms. The van der Waals surface area contributed by atoms with Gasteiger partial charge >= 0.3 is 0 Å². The highest BCUT2D eigenvalue weighted by Crippen LogP contribution is 2.33. The number of fused-ring (bicyclic) bond motifs is 1. The van der Waals surface area contributed by atoms with Crippen molar-refractivity contribution in [1.82, 2.24) is 14.5 Å². The molecule has 0 N–H and O–H groups in total. The zero-order chi connectivity index (χ0) is 20.1. The van der Waals surface area contributed by atoms with Crippen LogP contribution >= 0.6 is 11.3 Å². The van der Waals surface area contributed by atoms with Gasteiger partial charge in [-0.15, -0.1) is 11.3 Å². The van der Waals surface area contributed by atoms with Crippen LogP contribution < -0.4 is 5.56 Å². The summed E-state index contributed by atoms with van der Waals surface area (Å²) in [6.07, 6.45) is 2.01. The third-order valence-electron chi connectivity index (χ3n) is 5.93. The molecule has 0 unspecified atom stereocenters. The summed E-state index contributed by atoms with van der Waals surface area (Å²) in [6, 6.07) is 8.88. The van der Waals surface area contributed by atoms with Gasteiger partial charge < -0.3 is 4.90 Å². The van der Waals surface area contributed by atoms with Crippen molar-refractivity contribution in [1.29, 1.82) is 0 Å². The quantitative estimate of drug-likeness (QED) is 0.613. The van der Waals surface area contributed by atoms with E-state index in [1.807, 2.05) is 11.5 Å². The van der Waals surface area contributed by atoms with Gasteiger partial charge in [-0.1, -0.05) is 45.0 Å². The average Bonchev–Trinajstić information content (AvgIpc) is 3.06. The third kappa shape index (κ3) is 3.42. The summed E-state index contributed by atoms with van der Waals surface area (Å²) >= 11 is 1.57. The molecule has 0 radical (unpaired) electrons. The lowest BCUT2D eigenvalue weighted by atomic mass is 9.86. The maximum Gasteiger partial charge on any atom is 0.263 e. The molecule has 0 atom stereocenters. The topological polar surface area (TPSA) is 38.1 Å². The zero-order valence-corrected chi connectivity index (χ0v) is 18.3. The van der Waals surface area contributed by atoms with Crippen molar-refractivity contribution in [2.45, 2.75) is 52.0 Å². The third-order valence-corrected chi connectivity index (χ3v) is 6.80. The summed E-state index contributed by atoms with van der Waals surface area (Å²) in [6.45, 7) is 10.7. The Hall–Kier alpha value is -1.98. The number of piperidine rings is 1. The van der Waals surface area contributed by atoms with E-state index in [2.05, 4.69) is 62.4 Å². The SMILES string of the molecule is Cc1nc2scc(-c3ccc(C(C)(C)C)cc3)c2c(=O)n1C1CCN(C)CC1. The van der Waals surface area contributed by atoms with Crippen LogP contribution in [-0.4, -0.2) is 34.6 Å². The lowest BCUT2D eigenvalue weighted by Gasteiger charge is -2.31. The van der Waals surface area contributed by atoms with Crippen molar-refractivity contribution >= 4 is 21.6 Å². The summed E-state index contributed by atoms with van der Waals surface area (Å²) in [7, 11) is 2.14. The Labute approximate surface area is 170 Å². The highest BCUT2D eigenvalue weighted by Gasteiger charge is 2.24. The molecule has 0 saturated carbocycles. The Bertz CT molecular complexity index is 1050. The predicted molar refractivity (Wildman–Crippen MR) is 119 cm³/mol. The fourth-order valence-electron chi connectivity index (χ4n) is 4.15. The number of rotatable bonds is 2. The van der Waals surface area contributed by atoms with Crippen molar-refractivity contribution in [3.63, 3.8) is 0 Å². The highest BCUT2D eigenvalue weighted by molar-refractivity contribution is 7.17. The lowest BCUT2D eigenvalue weighted by molar-refractivity contribution is 0.216. The Balaban J connectivity index is 1.81. The van der Waals surface area contributed by atoms with E-state index in [0.29, 0.717) is 0 Å². The molecule has 4 nitrogen and oxygen atoms in total. The largest absolute Gasteiger partial charge is 0.306 e. The number of aromatic nitrogens is 2. The molecule has 1 aliphatic heterocycles. The van der Waals surface area contributed by atoms with E-state index < -0.39 is 0 Å². The number of likely N-dealkylation sites (tertiary alicyclic amines) is 1. The molecule has 1 fully saturated rings. The molecule has 1 aliphatic rings. The van der Waals surface area contributed by atoms with Gasteiger partial charge in [0.25, 0.3) is 5.56 Å². The molecule has 0 bridgehead atoms. The van der Waals surface area contributed by atoms with Gasteiger partial charge in [0.15, 0.2) is 0 Å². The van der Waals surface area contributed by atoms with Crippen LogP contribution in [0.5, 0.6) is 0 Å².